The molecule has 1 unspecified atom stereocenters. The molecule has 4 rings (SSSR count). The van der Waals surface area contributed by atoms with E-state index in [1.165, 1.54) is 11.5 Å². The smallest absolute Gasteiger partial charge is 0.306 e. The van der Waals surface area contributed by atoms with Crippen molar-refractivity contribution < 1.29 is 24.2 Å². The van der Waals surface area contributed by atoms with E-state index in [1.54, 1.807) is 53.6 Å². The van der Waals surface area contributed by atoms with Crippen LogP contribution in [0.2, 0.25) is 0 Å². The Kier molecular flexibility index (Phi) is 6.58. The summed E-state index contributed by atoms with van der Waals surface area (Å²) in [6.07, 6.45) is 2.89. The number of carbonyl (C=O) groups excluding carboxylic acids is 2. The molecule has 1 fully saturated rings. The first-order valence-electron chi connectivity index (χ1n) is 10.8. The normalized spacial score (nSPS) is 14.5. The van der Waals surface area contributed by atoms with E-state index >= 15 is 0 Å². The molecule has 3 heterocycles. The number of hydrogen-bond acceptors (Lipinski definition) is 7. The summed E-state index contributed by atoms with van der Waals surface area (Å²) in [4.78, 5) is 42.9. The molecule has 9 nitrogen and oxygen atoms in total. The zero-order chi connectivity index (χ0) is 23.4. The number of esters is 1. The van der Waals surface area contributed by atoms with Crippen LogP contribution in [0.15, 0.2) is 53.5 Å². The topological polar surface area (TPSA) is 110 Å². The predicted octanol–water partition coefficient (Wildman–Crippen LogP) is 2.10. The van der Waals surface area contributed by atoms with Gasteiger partial charge in [-0.3, -0.25) is 18.8 Å². The highest BCUT2D eigenvalue weighted by atomic mass is 16.5. The highest BCUT2D eigenvalue weighted by Gasteiger charge is 2.27. The Balaban J connectivity index is 1.59. The van der Waals surface area contributed by atoms with Crippen molar-refractivity contribution in [1.82, 2.24) is 14.3 Å². The third kappa shape index (κ3) is 4.82. The second kappa shape index (κ2) is 9.72. The summed E-state index contributed by atoms with van der Waals surface area (Å²) >= 11 is 0. The van der Waals surface area contributed by atoms with Gasteiger partial charge in [-0.1, -0.05) is 18.2 Å². The number of fused-ring (bicyclic) bond motifs is 1. The number of methoxy groups -OCH3 is 1. The van der Waals surface area contributed by atoms with Gasteiger partial charge in [-0.25, -0.2) is 0 Å². The van der Waals surface area contributed by atoms with Crippen molar-refractivity contribution in [3.8, 4) is 11.6 Å². The molecule has 0 aliphatic carbocycles. The van der Waals surface area contributed by atoms with Gasteiger partial charge >= 0.3 is 5.97 Å². The number of aromatic hydroxyl groups is 1. The summed E-state index contributed by atoms with van der Waals surface area (Å²) < 4.78 is 11.9. The van der Waals surface area contributed by atoms with Crippen LogP contribution < -0.4 is 10.3 Å². The minimum absolute atomic E-state index is 0.0188. The number of hydrogen-bond donors (Lipinski definition) is 1. The van der Waals surface area contributed by atoms with Crippen molar-refractivity contribution in [3.63, 3.8) is 0 Å². The van der Waals surface area contributed by atoms with Crippen LogP contribution in [0.25, 0.3) is 5.65 Å². The lowest BCUT2D eigenvalue weighted by atomic mass is 9.89. The summed E-state index contributed by atoms with van der Waals surface area (Å²) in [5.74, 6) is -0.955. The number of ether oxygens (including phenoxy) is 2. The van der Waals surface area contributed by atoms with Crippen LogP contribution in [-0.2, 0) is 14.3 Å². The summed E-state index contributed by atoms with van der Waals surface area (Å²) in [6.45, 7) is 1.65. The molecule has 0 radical (unpaired) electrons. The average molecular weight is 451 g/mol. The van der Waals surface area contributed by atoms with Crippen LogP contribution in [0.3, 0.4) is 0 Å². The Hall–Kier alpha value is -3.88. The van der Waals surface area contributed by atoms with Gasteiger partial charge in [-0.05, 0) is 36.2 Å². The van der Waals surface area contributed by atoms with E-state index < -0.39 is 23.3 Å². The quantitative estimate of drug-likeness (QED) is 0.522. The summed E-state index contributed by atoms with van der Waals surface area (Å²) in [5, 5.41) is 10.6. The lowest BCUT2D eigenvalue weighted by Crippen LogP contribution is -2.29. The largest absolute Gasteiger partial charge is 0.493 e. The molecule has 1 atom stereocenters. The molecule has 0 bridgehead atoms. The predicted molar refractivity (Wildman–Crippen MR) is 119 cm³/mol. The first kappa shape index (κ1) is 22.3. The molecule has 33 heavy (non-hydrogen) atoms. The van der Waals surface area contributed by atoms with Crippen molar-refractivity contribution in [2.24, 2.45) is 0 Å². The van der Waals surface area contributed by atoms with E-state index in [2.05, 4.69) is 4.98 Å². The third-order valence-electron chi connectivity index (χ3n) is 5.78. The maximum atomic E-state index is 13.1. The standard InChI is InChI=1S/C24H25N3O6/c1-32-21(29)15-18(22-23(30)25-19-5-2-3-12-27(19)24(22)31)16-7-9-17(10-8-16)33-14-13-26-11-4-6-20(26)28/h2-3,5,7-10,12,18,30H,4,6,11,13-15H2,1H3. The summed E-state index contributed by atoms with van der Waals surface area (Å²) in [7, 11) is 1.27. The maximum absolute atomic E-state index is 13.1. The molecule has 0 saturated carbocycles. The Bertz CT molecular complexity index is 1220. The average Bonchev–Trinajstić information content (AvgIpc) is 3.23. The van der Waals surface area contributed by atoms with E-state index in [4.69, 9.17) is 9.47 Å². The number of amides is 1. The number of carbonyl (C=O) groups is 2. The molecule has 0 spiro atoms. The highest BCUT2D eigenvalue weighted by molar-refractivity contribution is 5.78. The zero-order valence-electron chi connectivity index (χ0n) is 18.3. The van der Waals surface area contributed by atoms with Gasteiger partial charge in [-0.15, -0.1) is 0 Å². The molecular formula is C24H25N3O6. The Morgan fingerprint density at radius 1 is 1.18 bits per heavy atom. The third-order valence-corrected chi connectivity index (χ3v) is 5.78. The van der Waals surface area contributed by atoms with Crippen LogP contribution in [-0.4, -0.2) is 58.1 Å². The van der Waals surface area contributed by atoms with E-state index in [0.717, 1.165) is 13.0 Å². The number of rotatable bonds is 8. The molecule has 1 saturated heterocycles. The van der Waals surface area contributed by atoms with Crippen LogP contribution in [0.4, 0.5) is 0 Å². The minimum atomic E-state index is -0.758. The van der Waals surface area contributed by atoms with Gasteiger partial charge in [0.15, 0.2) is 0 Å². The van der Waals surface area contributed by atoms with E-state index in [0.29, 0.717) is 36.5 Å². The fourth-order valence-electron chi connectivity index (χ4n) is 4.04. The van der Waals surface area contributed by atoms with Crippen LogP contribution in [0.5, 0.6) is 11.6 Å². The number of likely N-dealkylation sites (tertiary alicyclic amines) is 1. The molecule has 1 N–H and O–H groups in total. The number of benzene rings is 1. The van der Waals surface area contributed by atoms with Crippen molar-refractivity contribution in [2.75, 3.05) is 26.8 Å². The van der Waals surface area contributed by atoms with Crippen molar-refractivity contribution >= 4 is 17.5 Å². The number of nitrogens with zero attached hydrogens (tertiary/aromatic N) is 3. The summed E-state index contributed by atoms with van der Waals surface area (Å²) in [6, 6.07) is 12.0. The van der Waals surface area contributed by atoms with Gasteiger partial charge in [-0.2, -0.15) is 4.98 Å². The lowest BCUT2D eigenvalue weighted by Gasteiger charge is -2.19. The fraction of sp³-hybridized carbons (Fsp3) is 0.333. The minimum Gasteiger partial charge on any atom is -0.493 e. The van der Waals surface area contributed by atoms with E-state index in [1.807, 2.05) is 0 Å². The molecule has 3 aromatic rings. The molecule has 1 aromatic carbocycles. The SMILES string of the molecule is COC(=O)CC(c1ccc(OCCN2CCCC2=O)cc1)c1c(O)nc2ccccn2c1=O. The second-order valence-corrected chi connectivity index (χ2v) is 7.82. The first-order chi connectivity index (χ1) is 16.0. The molecular weight excluding hydrogens is 426 g/mol. The Morgan fingerprint density at radius 3 is 2.67 bits per heavy atom. The van der Waals surface area contributed by atoms with Crippen molar-refractivity contribution in [1.29, 1.82) is 0 Å². The molecule has 9 heteroatoms. The first-order valence-corrected chi connectivity index (χ1v) is 10.8. The number of aromatic nitrogens is 2. The van der Waals surface area contributed by atoms with E-state index in [-0.39, 0.29) is 17.9 Å². The number of pyridine rings is 1. The van der Waals surface area contributed by atoms with E-state index in [9.17, 15) is 19.5 Å². The maximum Gasteiger partial charge on any atom is 0.306 e. The molecule has 172 valence electrons. The lowest BCUT2D eigenvalue weighted by molar-refractivity contribution is -0.140. The van der Waals surface area contributed by atoms with Gasteiger partial charge in [0.1, 0.15) is 18.0 Å². The summed E-state index contributed by atoms with van der Waals surface area (Å²) in [5.41, 5.74) is 0.501. The van der Waals surface area contributed by atoms with Crippen LogP contribution >= 0.6 is 0 Å². The van der Waals surface area contributed by atoms with Crippen molar-refractivity contribution in [2.45, 2.75) is 25.2 Å². The second-order valence-electron chi connectivity index (χ2n) is 7.82. The van der Waals surface area contributed by atoms with Gasteiger partial charge in [0.05, 0.1) is 25.6 Å². The molecule has 1 aliphatic rings. The zero-order valence-corrected chi connectivity index (χ0v) is 18.3. The van der Waals surface area contributed by atoms with Crippen LogP contribution in [0.1, 0.15) is 36.3 Å². The fourth-order valence-corrected chi connectivity index (χ4v) is 4.04. The van der Waals surface area contributed by atoms with Crippen LogP contribution in [0, 0.1) is 0 Å². The van der Waals surface area contributed by atoms with Gasteiger partial charge < -0.3 is 19.5 Å². The van der Waals surface area contributed by atoms with Gasteiger partial charge in [0.2, 0.25) is 11.8 Å². The molecule has 1 amide bonds. The Morgan fingerprint density at radius 2 is 1.97 bits per heavy atom. The van der Waals surface area contributed by atoms with Crippen molar-refractivity contribution in [3.05, 3.63) is 70.1 Å². The Labute approximate surface area is 190 Å². The molecule has 2 aromatic heterocycles. The van der Waals surface area contributed by atoms with Gasteiger partial charge in [0.25, 0.3) is 5.56 Å². The highest BCUT2D eigenvalue weighted by Crippen LogP contribution is 2.32. The van der Waals surface area contributed by atoms with Gasteiger partial charge in [0, 0.05) is 25.1 Å². The monoisotopic (exact) mass is 451 g/mol. The molecule has 1 aliphatic heterocycles.